The van der Waals surface area contributed by atoms with Gasteiger partial charge in [0.15, 0.2) is 12.9 Å². The maximum Gasteiger partial charge on any atom is 0.281 e. The van der Waals surface area contributed by atoms with Gasteiger partial charge in [-0.15, -0.1) is 11.3 Å². The first-order chi connectivity index (χ1) is 14.5. The minimum absolute atomic E-state index is 0.171. The van der Waals surface area contributed by atoms with E-state index in [-0.39, 0.29) is 18.6 Å². The van der Waals surface area contributed by atoms with Gasteiger partial charge in [0.25, 0.3) is 5.91 Å². The molecule has 152 valence electrons. The molecule has 0 saturated carbocycles. The van der Waals surface area contributed by atoms with Crippen molar-refractivity contribution >= 4 is 61.1 Å². The van der Waals surface area contributed by atoms with Gasteiger partial charge >= 0.3 is 0 Å². The third-order valence-electron chi connectivity index (χ3n) is 4.66. The summed E-state index contributed by atoms with van der Waals surface area (Å²) in [6.07, 6.45) is 1.34. The first-order valence-corrected chi connectivity index (χ1v) is 11.6. The molecule has 5 nitrogen and oxygen atoms in total. The Kier molecular flexibility index (Phi) is 6.46. The molecular formula is C22H16Br2N2O3S. The maximum atomic E-state index is 13.0. The van der Waals surface area contributed by atoms with E-state index in [4.69, 9.17) is 4.74 Å². The Morgan fingerprint density at radius 3 is 2.63 bits per heavy atom. The molecule has 0 spiro atoms. The lowest BCUT2D eigenvalue weighted by molar-refractivity contribution is -0.135. The summed E-state index contributed by atoms with van der Waals surface area (Å²) in [5.74, 6) is 0.103. The predicted molar refractivity (Wildman–Crippen MR) is 124 cm³/mol. The van der Waals surface area contributed by atoms with Crippen LogP contribution in [0.15, 0.2) is 74.0 Å². The van der Waals surface area contributed by atoms with Gasteiger partial charge in [0.05, 0.1) is 17.3 Å². The normalized spacial score (nSPS) is 15.7. The van der Waals surface area contributed by atoms with Crippen molar-refractivity contribution in [2.45, 2.75) is 12.5 Å². The molecule has 2 aromatic carbocycles. The molecule has 3 aromatic rings. The number of hydrogen-bond acceptors (Lipinski definition) is 5. The van der Waals surface area contributed by atoms with E-state index in [2.05, 4.69) is 37.0 Å². The van der Waals surface area contributed by atoms with Gasteiger partial charge in [0.1, 0.15) is 5.75 Å². The van der Waals surface area contributed by atoms with Crippen LogP contribution in [0, 0.1) is 0 Å². The fourth-order valence-electron chi connectivity index (χ4n) is 3.21. The van der Waals surface area contributed by atoms with Crippen molar-refractivity contribution in [1.82, 2.24) is 5.01 Å². The zero-order chi connectivity index (χ0) is 21.1. The highest BCUT2D eigenvalue weighted by Crippen LogP contribution is 2.35. The number of ether oxygens (including phenoxy) is 1. The van der Waals surface area contributed by atoms with Crippen molar-refractivity contribution in [2.24, 2.45) is 5.10 Å². The smallest absolute Gasteiger partial charge is 0.281 e. The number of benzene rings is 2. The SMILES string of the molecule is O=Cc1cc(Br)ccc1OCC(=O)N1N=C(c2ccc(Br)cc2)CC1c1cccs1. The van der Waals surface area contributed by atoms with Crippen molar-refractivity contribution in [3.05, 3.63) is 84.9 Å². The molecular weight excluding hydrogens is 532 g/mol. The van der Waals surface area contributed by atoms with E-state index >= 15 is 0 Å². The second kappa shape index (κ2) is 9.24. The number of hydrazone groups is 1. The van der Waals surface area contributed by atoms with E-state index in [0.29, 0.717) is 24.0 Å². The molecule has 1 amide bonds. The highest BCUT2D eigenvalue weighted by atomic mass is 79.9. The number of rotatable bonds is 6. The van der Waals surface area contributed by atoms with Crippen molar-refractivity contribution in [1.29, 1.82) is 0 Å². The summed E-state index contributed by atoms with van der Waals surface area (Å²) in [5.41, 5.74) is 2.21. The molecule has 2 heterocycles. The number of aldehydes is 1. The Hall–Kier alpha value is -2.29. The zero-order valence-corrected chi connectivity index (χ0v) is 19.6. The number of thiophene rings is 1. The van der Waals surface area contributed by atoms with Gasteiger partial charge in [-0.3, -0.25) is 9.59 Å². The van der Waals surface area contributed by atoms with Gasteiger partial charge in [0.2, 0.25) is 0 Å². The molecule has 30 heavy (non-hydrogen) atoms. The average molecular weight is 548 g/mol. The summed E-state index contributed by atoms with van der Waals surface area (Å²) >= 11 is 8.37. The molecule has 4 rings (SSSR count). The van der Waals surface area contributed by atoms with Crippen LogP contribution in [0.25, 0.3) is 0 Å². The van der Waals surface area contributed by atoms with Crippen molar-refractivity contribution in [3.8, 4) is 5.75 Å². The molecule has 0 saturated heterocycles. The van der Waals surface area contributed by atoms with Crippen molar-refractivity contribution < 1.29 is 14.3 Å². The maximum absolute atomic E-state index is 13.0. The van der Waals surface area contributed by atoms with Gasteiger partial charge in [0, 0.05) is 20.2 Å². The van der Waals surface area contributed by atoms with Crippen LogP contribution >= 0.6 is 43.2 Å². The standard InChI is InChI=1S/C22H16Br2N2O3S/c23-16-5-3-14(4-6-16)18-11-19(21-2-1-9-30-21)26(25-18)22(28)13-29-20-8-7-17(24)10-15(20)12-27/h1-10,12,19H,11,13H2. The van der Waals surface area contributed by atoms with Crippen LogP contribution in [-0.4, -0.2) is 29.5 Å². The lowest BCUT2D eigenvalue weighted by Crippen LogP contribution is -2.31. The third-order valence-corrected chi connectivity index (χ3v) is 6.66. The Labute approximate surface area is 194 Å². The molecule has 0 N–H and O–H groups in total. The third kappa shape index (κ3) is 4.55. The van der Waals surface area contributed by atoms with Crippen LogP contribution in [0.4, 0.5) is 0 Å². The lowest BCUT2D eigenvalue weighted by Gasteiger charge is -2.21. The first-order valence-electron chi connectivity index (χ1n) is 9.11. The summed E-state index contributed by atoms with van der Waals surface area (Å²) in [4.78, 5) is 25.4. The van der Waals surface area contributed by atoms with Gasteiger partial charge in [-0.1, -0.05) is 50.1 Å². The van der Waals surface area contributed by atoms with E-state index in [1.54, 1.807) is 29.5 Å². The Balaban J connectivity index is 1.56. The average Bonchev–Trinajstić information content (AvgIpc) is 3.43. The zero-order valence-electron chi connectivity index (χ0n) is 15.6. The van der Waals surface area contributed by atoms with Crippen LogP contribution in [0.5, 0.6) is 5.75 Å². The quantitative estimate of drug-likeness (QED) is 0.364. The van der Waals surface area contributed by atoms with Crippen molar-refractivity contribution in [3.63, 3.8) is 0 Å². The number of halogens is 2. The van der Waals surface area contributed by atoms with Gasteiger partial charge < -0.3 is 4.74 Å². The van der Waals surface area contributed by atoms with Crippen LogP contribution in [0.1, 0.15) is 33.3 Å². The fourth-order valence-corrected chi connectivity index (χ4v) is 4.66. The molecule has 0 fully saturated rings. The van der Waals surface area contributed by atoms with Crippen LogP contribution in [-0.2, 0) is 4.79 Å². The van der Waals surface area contributed by atoms with Crippen LogP contribution < -0.4 is 4.74 Å². The molecule has 0 aliphatic carbocycles. The number of nitrogens with zero attached hydrogens (tertiary/aromatic N) is 2. The number of carbonyl (C=O) groups is 2. The fraction of sp³-hybridized carbons (Fsp3) is 0.136. The van der Waals surface area contributed by atoms with Gasteiger partial charge in [-0.05, 0) is 47.3 Å². The Bertz CT molecular complexity index is 1100. The molecule has 8 heteroatoms. The summed E-state index contributed by atoms with van der Waals surface area (Å²) < 4.78 is 7.42. The second-order valence-corrected chi connectivity index (χ2v) is 9.43. The molecule has 1 atom stereocenters. The van der Waals surface area contributed by atoms with E-state index in [1.807, 2.05) is 41.8 Å². The largest absolute Gasteiger partial charge is 0.483 e. The predicted octanol–water partition coefficient (Wildman–Crippen LogP) is 5.84. The Morgan fingerprint density at radius 1 is 1.17 bits per heavy atom. The monoisotopic (exact) mass is 546 g/mol. The molecule has 1 aliphatic heterocycles. The number of carbonyl (C=O) groups excluding carboxylic acids is 2. The topological polar surface area (TPSA) is 59.0 Å². The molecule has 1 aliphatic rings. The summed E-state index contributed by atoms with van der Waals surface area (Å²) in [7, 11) is 0. The summed E-state index contributed by atoms with van der Waals surface area (Å²) in [6, 6.07) is 16.8. The number of hydrogen-bond donors (Lipinski definition) is 0. The van der Waals surface area contributed by atoms with E-state index in [0.717, 1.165) is 25.1 Å². The molecule has 0 bridgehead atoms. The van der Waals surface area contributed by atoms with Gasteiger partial charge in [-0.25, -0.2) is 5.01 Å². The second-order valence-electron chi connectivity index (χ2n) is 6.62. The van der Waals surface area contributed by atoms with E-state index in [1.165, 1.54) is 5.01 Å². The van der Waals surface area contributed by atoms with Crippen molar-refractivity contribution in [2.75, 3.05) is 6.61 Å². The van der Waals surface area contributed by atoms with E-state index < -0.39 is 0 Å². The highest BCUT2D eigenvalue weighted by Gasteiger charge is 2.34. The Morgan fingerprint density at radius 2 is 1.93 bits per heavy atom. The first kappa shape index (κ1) is 21.0. The highest BCUT2D eigenvalue weighted by molar-refractivity contribution is 9.10. The van der Waals surface area contributed by atoms with Gasteiger partial charge in [-0.2, -0.15) is 5.10 Å². The minimum Gasteiger partial charge on any atom is -0.483 e. The van der Waals surface area contributed by atoms with Crippen LogP contribution in [0.3, 0.4) is 0 Å². The molecule has 1 unspecified atom stereocenters. The summed E-state index contributed by atoms with van der Waals surface area (Å²) in [5, 5.41) is 8.12. The molecule has 0 radical (unpaired) electrons. The summed E-state index contributed by atoms with van der Waals surface area (Å²) in [6.45, 7) is -0.207. The molecule has 1 aromatic heterocycles. The van der Waals surface area contributed by atoms with Crippen LogP contribution in [0.2, 0.25) is 0 Å². The van der Waals surface area contributed by atoms with E-state index in [9.17, 15) is 9.59 Å². The minimum atomic E-state index is -0.264. The lowest BCUT2D eigenvalue weighted by atomic mass is 10.0. The number of amides is 1.